The molecular weight excluding hydrogens is 240 g/mol. The largest absolute Gasteiger partial charge is 0.379 e. The molecule has 2 nitrogen and oxygen atoms in total. The van der Waals surface area contributed by atoms with Crippen LogP contribution in [0.25, 0.3) is 0 Å². The number of hydrogen-bond donors (Lipinski definition) is 1. The van der Waals surface area contributed by atoms with Crippen molar-refractivity contribution in [3.05, 3.63) is 22.9 Å². The van der Waals surface area contributed by atoms with Gasteiger partial charge < -0.3 is 5.32 Å². The van der Waals surface area contributed by atoms with Crippen LogP contribution >= 0.6 is 15.9 Å². The molecule has 0 radical (unpaired) electrons. The third-order valence-corrected chi connectivity index (χ3v) is 2.75. The third kappa shape index (κ3) is 3.29. The fourth-order valence-corrected chi connectivity index (χ4v) is 1.88. The summed E-state index contributed by atoms with van der Waals surface area (Å²) in [6.07, 6.45) is 5.95. The van der Waals surface area contributed by atoms with Crippen LogP contribution < -0.4 is 5.32 Å². The molecule has 14 heavy (non-hydrogen) atoms. The molecule has 0 aliphatic heterocycles. The van der Waals surface area contributed by atoms with Gasteiger partial charge in [-0.1, -0.05) is 13.3 Å². The summed E-state index contributed by atoms with van der Waals surface area (Å²) < 4.78 is 1.02. The summed E-state index contributed by atoms with van der Waals surface area (Å²) in [6.45, 7) is 6.62. The van der Waals surface area contributed by atoms with Crippen LogP contribution in [0.15, 0.2) is 22.9 Å². The lowest BCUT2D eigenvalue weighted by molar-refractivity contribution is 0.510. The van der Waals surface area contributed by atoms with Crippen molar-refractivity contribution >= 4 is 21.6 Å². The Kier molecular flexibility index (Phi) is 3.93. The maximum absolute atomic E-state index is 4.03. The van der Waals surface area contributed by atoms with Crippen molar-refractivity contribution in [3.63, 3.8) is 0 Å². The molecule has 78 valence electrons. The first-order chi connectivity index (χ1) is 6.55. The van der Waals surface area contributed by atoms with Gasteiger partial charge >= 0.3 is 0 Å². The third-order valence-electron chi connectivity index (χ3n) is 2.12. The molecule has 0 saturated heterocycles. The van der Waals surface area contributed by atoms with Gasteiger partial charge in [-0.3, -0.25) is 4.98 Å². The molecule has 1 aromatic heterocycles. The van der Waals surface area contributed by atoms with Gasteiger partial charge in [0.05, 0.1) is 10.2 Å². The van der Waals surface area contributed by atoms with Crippen molar-refractivity contribution in [1.82, 2.24) is 4.98 Å². The highest BCUT2D eigenvalue weighted by Crippen LogP contribution is 2.25. The summed E-state index contributed by atoms with van der Waals surface area (Å²) in [6, 6.07) is 1.99. The topological polar surface area (TPSA) is 24.9 Å². The lowest BCUT2D eigenvalue weighted by Crippen LogP contribution is -2.30. The van der Waals surface area contributed by atoms with E-state index in [0.717, 1.165) is 16.6 Å². The molecule has 0 amide bonds. The quantitative estimate of drug-likeness (QED) is 0.886. The predicted molar refractivity (Wildman–Crippen MR) is 64.5 cm³/mol. The lowest BCUT2D eigenvalue weighted by atomic mass is 9.99. The molecule has 0 unspecified atom stereocenters. The van der Waals surface area contributed by atoms with E-state index in [1.54, 1.807) is 6.20 Å². The zero-order valence-electron chi connectivity index (χ0n) is 8.97. The minimum atomic E-state index is 0.138. The van der Waals surface area contributed by atoms with Gasteiger partial charge in [0.15, 0.2) is 0 Å². The normalized spacial score (nSPS) is 11.4. The molecule has 0 spiro atoms. The van der Waals surface area contributed by atoms with Crippen molar-refractivity contribution in [2.24, 2.45) is 0 Å². The highest BCUT2D eigenvalue weighted by atomic mass is 79.9. The molecule has 1 heterocycles. The minimum Gasteiger partial charge on any atom is -0.379 e. The Balaban J connectivity index is 2.73. The Hall–Kier alpha value is -0.570. The second-order valence-electron chi connectivity index (χ2n) is 4.11. The average Bonchev–Trinajstić information content (AvgIpc) is 2.08. The number of halogens is 1. The van der Waals surface area contributed by atoms with Gasteiger partial charge in [0.2, 0.25) is 0 Å². The first-order valence-electron chi connectivity index (χ1n) is 4.93. The Morgan fingerprint density at radius 2 is 2.21 bits per heavy atom. The Morgan fingerprint density at radius 3 is 2.79 bits per heavy atom. The number of aromatic nitrogens is 1. The van der Waals surface area contributed by atoms with Crippen LogP contribution in [0.1, 0.15) is 33.6 Å². The molecule has 0 saturated carbocycles. The molecule has 0 aliphatic rings. The number of pyridine rings is 1. The van der Waals surface area contributed by atoms with Gasteiger partial charge in [0.1, 0.15) is 0 Å². The number of anilines is 1. The van der Waals surface area contributed by atoms with E-state index >= 15 is 0 Å². The molecule has 1 rings (SSSR count). The van der Waals surface area contributed by atoms with Crippen LogP contribution in [0.5, 0.6) is 0 Å². The molecule has 0 fully saturated rings. The smallest absolute Gasteiger partial charge is 0.0590 e. The van der Waals surface area contributed by atoms with E-state index in [-0.39, 0.29) is 5.54 Å². The van der Waals surface area contributed by atoms with Crippen LogP contribution in [-0.4, -0.2) is 10.5 Å². The molecule has 0 bridgehead atoms. The molecule has 1 aromatic rings. The van der Waals surface area contributed by atoms with Gasteiger partial charge in [-0.05, 0) is 42.3 Å². The summed E-state index contributed by atoms with van der Waals surface area (Å²) in [4.78, 5) is 4.03. The second kappa shape index (κ2) is 4.78. The Labute approximate surface area is 94.3 Å². The highest BCUT2D eigenvalue weighted by Gasteiger charge is 2.16. The standard InChI is InChI=1S/C11H17BrN2/c1-4-6-11(2,3)14-10-5-7-13-8-9(10)12/h5,7-8H,4,6H2,1-3H3,(H,13,14). The molecule has 1 N–H and O–H groups in total. The minimum absolute atomic E-state index is 0.138. The number of rotatable bonds is 4. The van der Waals surface area contributed by atoms with E-state index in [9.17, 15) is 0 Å². The van der Waals surface area contributed by atoms with Gasteiger partial charge in [-0.2, -0.15) is 0 Å². The van der Waals surface area contributed by atoms with E-state index in [1.807, 2.05) is 12.3 Å². The second-order valence-corrected chi connectivity index (χ2v) is 4.97. The summed E-state index contributed by atoms with van der Waals surface area (Å²) in [5, 5.41) is 3.50. The van der Waals surface area contributed by atoms with E-state index in [0.29, 0.717) is 0 Å². The SMILES string of the molecule is CCCC(C)(C)Nc1ccncc1Br. The zero-order valence-corrected chi connectivity index (χ0v) is 10.6. The molecular formula is C11H17BrN2. The fraction of sp³-hybridized carbons (Fsp3) is 0.545. The average molecular weight is 257 g/mol. The van der Waals surface area contributed by atoms with Crippen molar-refractivity contribution < 1.29 is 0 Å². The number of nitrogens with one attached hydrogen (secondary N) is 1. The summed E-state index contributed by atoms with van der Waals surface area (Å²) in [7, 11) is 0. The van der Waals surface area contributed by atoms with Crippen molar-refractivity contribution in [3.8, 4) is 0 Å². The first-order valence-corrected chi connectivity index (χ1v) is 5.72. The Bertz CT molecular complexity index is 297. The lowest BCUT2D eigenvalue weighted by Gasteiger charge is -2.27. The van der Waals surface area contributed by atoms with E-state index < -0.39 is 0 Å². The summed E-state index contributed by atoms with van der Waals surface area (Å²) in [5.74, 6) is 0. The zero-order chi connectivity index (χ0) is 10.6. The highest BCUT2D eigenvalue weighted by molar-refractivity contribution is 9.10. The van der Waals surface area contributed by atoms with Crippen molar-refractivity contribution in [1.29, 1.82) is 0 Å². The van der Waals surface area contributed by atoms with Crippen molar-refractivity contribution in [2.75, 3.05) is 5.32 Å². The first kappa shape index (κ1) is 11.5. The predicted octanol–water partition coefficient (Wildman–Crippen LogP) is 3.83. The van der Waals surface area contributed by atoms with Crippen LogP contribution in [0.4, 0.5) is 5.69 Å². The van der Waals surface area contributed by atoms with Gasteiger partial charge in [0.25, 0.3) is 0 Å². The number of nitrogens with zero attached hydrogens (tertiary/aromatic N) is 1. The molecule has 3 heteroatoms. The summed E-state index contributed by atoms with van der Waals surface area (Å²) in [5.41, 5.74) is 1.25. The van der Waals surface area contributed by atoms with Gasteiger partial charge in [-0.15, -0.1) is 0 Å². The van der Waals surface area contributed by atoms with Crippen LogP contribution in [-0.2, 0) is 0 Å². The maximum atomic E-state index is 4.03. The van der Waals surface area contributed by atoms with Crippen LogP contribution in [0.3, 0.4) is 0 Å². The van der Waals surface area contributed by atoms with Crippen LogP contribution in [0, 0.1) is 0 Å². The van der Waals surface area contributed by atoms with E-state index in [4.69, 9.17) is 0 Å². The molecule has 0 aliphatic carbocycles. The van der Waals surface area contributed by atoms with Crippen molar-refractivity contribution in [2.45, 2.75) is 39.2 Å². The number of hydrogen-bond acceptors (Lipinski definition) is 2. The fourth-order valence-electron chi connectivity index (χ4n) is 1.53. The van der Waals surface area contributed by atoms with Crippen LogP contribution in [0.2, 0.25) is 0 Å². The van der Waals surface area contributed by atoms with E-state index in [2.05, 4.69) is 47.0 Å². The van der Waals surface area contributed by atoms with E-state index in [1.165, 1.54) is 6.42 Å². The van der Waals surface area contributed by atoms with Gasteiger partial charge in [-0.25, -0.2) is 0 Å². The molecule has 0 aromatic carbocycles. The monoisotopic (exact) mass is 256 g/mol. The Morgan fingerprint density at radius 1 is 1.50 bits per heavy atom. The molecule has 0 atom stereocenters. The van der Waals surface area contributed by atoms with Gasteiger partial charge in [0, 0.05) is 17.9 Å². The maximum Gasteiger partial charge on any atom is 0.0590 e. The summed E-state index contributed by atoms with van der Waals surface area (Å²) >= 11 is 3.48.